The van der Waals surface area contributed by atoms with Crippen molar-refractivity contribution in [3.05, 3.63) is 31.9 Å². The molecule has 0 saturated carbocycles. The number of hydrogen-bond donors (Lipinski definition) is 1. The maximum atomic E-state index is 10.9. The van der Waals surface area contributed by atoms with Crippen LogP contribution in [-0.4, -0.2) is 50.2 Å². The van der Waals surface area contributed by atoms with Gasteiger partial charge < -0.3 is 15.0 Å². The van der Waals surface area contributed by atoms with Gasteiger partial charge >= 0.3 is 0 Å². The molecule has 1 rings (SSSR count). The second kappa shape index (κ2) is 8.28. The predicted octanol–water partition coefficient (Wildman–Crippen LogP) is 2.19. The fourth-order valence-electron chi connectivity index (χ4n) is 1.55. The third-order valence-electron chi connectivity index (χ3n) is 2.64. The molecule has 0 bridgehead atoms. The minimum Gasteiger partial charge on any atom is -0.383 e. The Morgan fingerprint density at radius 3 is 2.84 bits per heavy atom. The Balaban J connectivity index is 2.51. The monoisotopic (exact) mass is 379 g/mol. The van der Waals surface area contributed by atoms with Crippen LogP contribution in [0.5, 0.6) is 0 Å². The molecule has 0 aromatic heterocycles. The summed E-state index contributed by atoms with van der Waals surface area (Å²) in [5.41, 5.74) is 0.678. The molecule has 1 N–H and O–H groups in total. The van der Waals surface area contributed by atoms with Crippen molar-refractivity contribution in [1.29, 1.82) is 0 Å². The Bertz CT molecular complexity index is 429. The van der Waals surface area contributed by atoms with Gasteiger partial charge in [0.2, 0.25) is 0 Å². The number of nitrogens with zero attached hydrogens (tertiary/aromatic N) is 2. The van der Waals surface area contributed by atoms with Gasteiger partial charge in [-0.25, -0.2) is 0 Å². The van der Waals surface area contributed by atoms with E-state index in [2.05, 4.69) is 32.8 Å². The minimum absolute atomic E-state index is 0.117. The summed E-state index contributed by atoms with van der Waals surface area (Å²) in [5.74, 6) is 0. The fraction of sp³-hybridized carbons (Fsp3) is 0.500. The second-order valence-corrected chi connectivity index (χ2v) is 5.39. The van der Waals surface area contributed by atoms with Crippen molar-refractivity contribution in [1.82, 2.24) is 4.90 Å². The van der Waals surface area contributed by atoms with Crippen molar-refractivity contribution >= 4 is 34.0 Å². The van der Waals surface area contributed by atoms with Gasteiger partial charge in [0.1, 0.15) is 5.69 Å². The predicted molar refractivity (Wildman–Crippen MR) is 83.7 cm³/mol. The van der Waals surface area contributed by atoms with Crippen LogP contribution in [0, 0.1) is 13.7 Å². The van der Waals surface area contributed by atoms with Crippen LogP contribution in [-0.2, 0) is 4.74 Å². The number of anilines is 1. The van der Waals surface area contributed by atoms with E-state index in [4.69, 9.17) is 4.74 Å². The Kier molecular flexibility index (Phi) is 7.03. The fourth-order valence-corrected chi connectivity index (χ4v) is 2.02. The van der Waals surface area contributed by atoms with Crippen molar-refractivity contribution in [2.75, 3.05) is 45.7 Å². The Hall–Kier alpha value is -0.930. The highest BCUT2D eigenvalue weighted by molar-refractivity contribution is 14.1. The number of methoxy groups -OCH3 is 1. The largest absolute Gasteiger partial charge is 0.383 e. The maximum absolute atomic E-state index is 10.9. The van der Waals surface area contributed by atoms with E-state index in [1.807, 2.05) is 13.1 Å². The van der Waals surface area contributed by atoms with Gasteiger partial charge in [-0.3, -0.25) is 10.1 Å². The van der Waals surface area contributed by atoms with Crippen LogP contribution in [0.3, 0.4) is 0 Å². The highest BCUT2D eigenvalue weighted by atomic mass is 127. The molecule has 0 unspecified atom stereocenters. The number of nitrogens with one attached hydrogen (secondary N) is 1. The molecule has 0 atom stereocenters. The zero-order chi connectivity index (χ0) is 14.3. The molecule has 6 nitrogen and oxygen atoms in total. The van der Waals surface area contributed by atoms with Crippen LogP contribution in [0.4, 0.5) is 11.4 Å². The van der Waals surface area contributed by atoms with Crippen molar-refractivity contribution in [2.24, 2.45) is 0 Å². The number of hydrogen-bond acceptors (Lipinski definition) is 5. The molecule has 0 radical (unpaired) electrons. The second-order valence-electron chi connectivity index (χ2n) is 4.14. The quantitative estimate of drug-likeness (QED) is 0.426. The van der Waals surface area contributed by atoms with Gasteiger partial charge in [0, 0.05) is 36.4 Å². The molecular weight excluding hydrogens is 361 g/mol. The van der Waals surface area contributed by atoms with E-state index in [0.717, 1.165) is 16.7 Å². The molecule has 0 fully saturated rings. The summed E-state index contributed by atoms with van der Waals surface area (Å²) in [6.45, 7) is 2.97. The number of halogens is 1. The van der Waals surface area contributed by atoms with Gasteiger partial charge in [0.25, 0.3) is 5.69 Å². The van der Waals surface area contributed by atoms with Crippen molar-refractivity contribution in [3.63, 3.8) is 0 Å². The number of nitro benzene ring substituents is 1. The SMILES string of the molecule is COCCN(C)CCNc1ccc(I)cc1[N+](=O)[O-]. The molecule has 1 aromatic carbocycles. The molecule has 0 saturated heterocycles. The van der Waals surface area contributed by atoms with Gasteiger partial charge in [0.05, 0.1) is 11.5 Å². The average molecular weight is 379 g/mol. The first-order chi connectivity index (χ1) is 9.04. The first kappa shape index (κ1) is 16.1. The zero-order valence-electron chi connectivity index (χ0n) is 11.1. The van der Waals surface area contributed by atoms with Crippen LogP contribution in [0.25, 0.3) is 0 Å². The van der Waals surface area contributed by atoms with Crippen LogP contribution in [0.1, 0.15) is 0 Å². The molecule has 0 spiro atoms. The summed E-state index contributed by atoms with van der Waals surface area (Å²) < 4.78 is 5.84. The summed E-state index contributed by atoms with van der Waals surface area (Å²) in [6.07, 6.45) is 0. The molecule has 0 aliphatic carbocycles. The first-order valence-corrected chi connectivity index (χ1v) is 6.97. The minimum atomic E-state index is -0.362. The first-order valence-electron chi connectivity index (χ1n) is 5.90. The smallest absolute Gasteiger partial charge is 0.293 e. The summed E-state index contributed by atoms with van der Waals surface area (Å²) in [6, 6.07) is 5.16. The Morgan fingerprint density at radius 2 is 2.21 bits per heavy atom. The summed E-state index contributed by atoms with van der Waals surface area (Å²) in [5, 5.41) is 14.0. The van der Waals surface area contributed by atoms with Gasteiger partial charge in [-0.05, 0) is 41.8 Å². The summed E-state index contributed by atoms with van der Waals surface area (Å²) >= 11 is 2.06. The Labute approximate surface area is 126 Å². The van der Waals surface area contributed by atoms with Crippen molar-refractivity contribution in [3.8, 4) is 0 Å². The highest BCUT2D eigenvalue weighted by Gasteiger charge is 2.13. The summed E-state index contributed by atoms with van der Waals surface area (Å²) in [7, 11) is 3.66. The van der Waals surface area contributed by atoms with Crippen LogP contribution < -0.4 is 5.32 Å². The molecule has 19 heavy (non-hydrogen) atoms. The molecule has 1 aromatic rings. The van der Waals surface area contributed by atoms with E-state index in [0.29, 0.717) is 18.8 Å². The third-order valence-corrected chi connectivity index (χ3v) is 3.31. The number of nitro groups is 1. The number of rotatable bonds is 8. The zero-order valence-corrected chi connectivity index (χ0v) is 13.2. The average Bonchev–Trinajstić information content (AvgIpc) is 2.37. The normalized spacial score (nSPS) is 10.7. The van der Waals surface area contributed by atoms with Gasteiger partial charge in [-0.1, -0.05) is 0 Å². The lowest BCUT2D eigenvalue weighted by atomic mass is 10.2. The van der Waals surface area contributed by atoms with Gasteiger partial charge in [0.15, 0.2) is 0 Å². The topological polar surface area (TPSA) is 67.6 Å². The number of benzene rings is 1. The van der Waals surface area contributed by atoms with Gasteiger partial charge in [-0.2, -0.15) is 0 Å². The third kappa shape index (κ3) is 5.70. The molecule has 106 valence electrons. The van der Waals surface area contributed by atoms with Crippen LogP contribution in [0.2, 0.25) is 0 Å². The van der Waals surface area contributed by atoms with E-state index >= 15 is 0 Å². The lowest BCUT2D eigenvalue weighted by Gasteiger charge is -2.16. The van der Waals surface area contributed by atoms with E-state index in [1.54, 1.807) is 19.2 Å². The molecule has 0 amide bonds. The summed E-state index contributed by atoms with van der Waals surface area (Å²) in [4.78, 5) is 12.7. The number of likely N-dealkylation sites (N-methyl/N-ethyl adjacent to an activating group) is 1. The van der Waals surface area contributed by atoms with Gasteiger partial charge in [-0.15, -0.1) is 0 Å². The lowest BCUT2D eigenvalue weighted by Crippen LogP contribution is -2.28. The van der Waals surface area contributed by atoms with Crippen LogP contribution in [0.15, 0.2) is 18.2 Å². The number of ether oxygens (including phenoxy) is 1. The van der Waals surface area contributed by atoms with E-state index in [1.165, 1.54) is 0 Å². The molecule has 0 aliphatic rings. The van der Waals surface area contributed by atoms with Crippen molar-refractivity contribution < 1.29 is 9.66 Å². The van der Waals surface area contributed by atoms with Crippen LogP contribution >= 0.6 is 22.6 Å². The molecular formula is C12H18IN3O3. The van der Waals surface area contributed by atoms with E-state index < -0.39 is 0 Å². The molecule has 7 heteroatoms. The van der Waals surface area contributed by atoms with Crippen molar-refractivity contribution in [2.45, 2.75) is 0 Å². The Morgan fingerprint density at radius 1 is 1.47 bits per heavy atom. The highest BCUT2D eigenvalue weighted by Crippen LogP contribution is 2.25. The lowest BCUT2D eigenvalue weighted by molar-refractivity contribution is -0.384. The van der Waals surface area contributed by atoms with E-state index in [9.17, 15) is 10.1 Å². The van der Waals surface area contributed by atoms with E-state index in [-0.39, 0.29) is 10.6 Å². The molecule has 0 aliphatic heterocycles. The molecule has 0 heterocycles. The standard InChI is InChI=1S/C12H18IN3O3/c1-15(7-8-19-2)6-5-14-11-4-3-10(13)9-12(11)16(17)18/h3-4,9,14H,5-8H2,1-2H3. The maximum Gasteiger partial charge on any atom is 0.293 e.